The number of rotatable bonds is 3. The van der Waals surface area contributed by atoms with E-state index < -0.39 is 18.0 Å². The molecule has 0 amide bonds. The maximum atomic E-state index is 12.5. The third-order valence-electron chi connectivity index (χ3n) is 2.20. The number of hydrogen-bond donors (Lipinski definition) is 2. The van der Waals surface area contributed by atoms with Crippen molar-refractivity contribution < 1.29 is 13.2 Å². The van der Waals surface area contributed by atoms with E-state index in [4.69, 9.17) is 5.73 Å². The van der Waals surface area contributed by atoms with Crippen molar-refractivity contribution in [2.75, 3.05) is 6.54 Å². The summed E-state index contributed by atoms with van der Waals surface area (Å²) >= 11 is 0.605. The summed E-state index contributed by atoms with van der Waals surface area (Å²) in [4.78, 5) is 6.89. The quantitative estimate of drug-likeness (QED) is 0.835. The number of aromatic nitrogens is 2. The van der Waals surface area contributed by atoms with E-state index in [0.717, 1.165) is 0 Å². The van der Waals surface area contributed by atoms with Crippen molar-refractivity contribution in [1.82, 2.24) is 9.97 Å². The first-order valence-corrected chi connectivity index (χ1v) is 5.77. The van der Waals surface area contributed by atoms with Gasteiger partial charge in [0.15, 0.2) is 5.16 Å². The Hall–Kier alpha value is -1.21. The Balaban J connectivity index is 2.23. The Morgan fingerprint density at radius 3 is 2.65 bits per heavy atom. The summed E-state index contributed by atoms with van der Waals surface area (Å²) in [5, 5.41) is -1.40. The van der Waals surface area contributed by atoms with Gasteiger partial charge in [-0.3, -0.25) is 0 Å². The van der Waals surface area contributed by atoms with Gasteiger partial charge in [0.25, 0.3) is 0 Å². The SMILES string of the molecule is NCC(Sc1nc2ccccc2[nH]1)C(F)(F)F. The zero-order valence-corrected chi connectivity index (χ0v) is 9.48. The number of fused-ring (bicyclic) bond motifs is 1. The monoisotopic (exact) mass is 261 g/mol. The Bertz CT molecular complexity index is 476. The molecule has 17 heavy (non-hydrogen) atoms. The van der Waals surface area contributed by atoms with Crippen LogP contribution in [-0.4, -0.2) is 27.9 Å². The van der Waals surface area contributed by atoms with Crippen molar-refractivity contribution in [1.29, 1.82) is 0 Å². The predicted octanol–water partition coefficient (Wildman–Crippen LogP) is 2.54. The Kier molecular flexibility index (Phi) is 3.30. The van der Waals surface area contributed by atoms with Crippen LogP contribution in [0.25, 0.3) is 11.0 Å². The van der Waals surface area contributed by atoms with Gasteiger partial charge >= 0.3 is 6.18 Å². The first-order chi connectivity index (χ1) is 8.00. The van der Waals surface area contributed by atoms with Crippen LogP contribution in [-0.2, 0) is 0 Å². The van der Waals surface area contributed by atoms with Gasteiger partial charge in [-0.2, -0.15) is 13.2 Å². The van der Waals surface area contributed by atoms with Crippen molar-refractivity contribution in [3.63, 3.8) is 0 Å². The topological polar surface area (TPSA) is 54.7 Å². The number of hydrogen-bond acceptors (Lipinski definition) is 3. The molecule has 1 aromatic heterocycles. The van der Waals surface area contributed by atoms with Crippen molar-refractivity contribution in [3.05, 3.63) is 24.3 Å². The molecule has 0 bridgehead atoms. The van der Waals surface area contributed by atoms with Crippen LogP contribution in [0.1, 0.15) is 0 Å². The lowest BCUT2D eigenvalue weighted by atomic mass is 10.3. The summed E-state index contributed by atoms with van der Waals surface area (Å²) in [7, 11) is 0. The van der Waals surface area contributed by atoms with Crippen LogP contribution in [0.4, 0.5) is 13.2 Å². The molecule has 3 nitrogen and oxygen atoms in total. The number of benzene rings is 1. The molecule has 1 atom stereocenters. The molecular formula is C10H10F3N3S. The van der Waals surface area contributed by atoms with E-state index in [-0.39, 0.29) is 5.16 Å². The molecule has 2 aromatic rings. The van der Waals surface area contributed by atoms with Gasteiger partial charge in [-0.15, -0.1) is 0 Å². The molecule has 0 aliphatic carbocycles. The number of imidazole rings is 1. The van der Waals surface area contributed by atoms with E-state index >= 15 is 0 Å². The second kappa shape index (κ2) is 4.58. The van der Waals surface area contributed by atoms with Crippen molar-refractivity contribution in [3.8, 4) is 0 Å². The molecule has 0 fully saturated rings. The highest BCUT2D eigenvalue weighted by Crippen LogP contribution is 2.33. The summed E-state index contributed by atoms with van der Waals surface area (Å²) in [5.74, 6) is 0. The number of nitrogens with two attached hydrogens (primary N) is 1. The van der Waals surface area contributed by atoms with Gasteiger partial charge in [-0.05, 0) is 12.1 Å². The average molecular weight is 261 g/mol. The van der Waals surface area contributed by atoms with E-state index in [1.807, 2.05) is 0 Å². The van der Waals surface area contributed by atoms with E-state index in [2.05, 4.69) is 9.97 Å². The molecule has 0 spiro atoms. The molecule has 3 N–H and O–H groups in total. The molecule has 1 heterocycles. The highest BCUT2D eigenvalue weighted by atomic mass is 32.2. The zero-order chi connectivity index (χ0) is 12.5. The second-order valence-corrected chi connectivity index (χ2v) is 4.63. The summed E-state index contributed by atoms with van der Waals surface area (Å²) in [6, 6.07) is 7.07. The van der Waals surface area contributed by atoms with Crippen LogP contribution < -0.4 is 5.73 Å². The lowest BCUT2D eigenvalue weighted by Crippen LogP contribution is -2.33. The highest BCUT2D eigenvalue weighted by Gasteiger charge is 2.40. The van der Waals surface area contributed by atoms with Gasteiger partial charge in [0.1, 0.15) is 5.25 Å². The van der Waals surface area contributed by atoms with E-state index in [1.165, 1.54) is 0 Å². The van der Waals surface area contributed by atoms with Crippen LogP contribution in [0.2, 0.25) is 0 Å². The summed E-state index contributed by atoms with van der Waals surface area (Å²) < 4.78 is 37.6. The fourth-order valence-corrected chi connectivity index (χ4v) is 2.19. The lowest BCUT2D eigenvalue weighted by molar-refractivity contribution is -0.126. The number of thioether (sulfide) groups is 1. The van der Waals surface area contributed by atoms with Crippen LogP contribution >= 0.6 is 11.8 Å². The average Bonchev–Trinajstić information content (AvgIpc) is 2.66. The zero-order valence-electron chi connectivity index (χ0n) is 8.66. The van der Waals surface area contributed by atoms with Crippen molar-refractivity contribution in [2.24, 2.45) is 5.73 Å². The highest BCUT2D eigenvalue weighted by molar-refractivity contribution is 7.99. The number of aromatic amines is 1. The van der Waals surface area contributed by atoms with Crippen molar-refractivity contribution in [2.45, 2.75) is 16.6 Å². The Morgan fingerprint density at radius 1 is 1.35 bits per heavy atom. The van der Waals surface area contributed by atoms with Gasteiger partial charge < -0.3 is 10.7 Å². The molecule has 0 saturated heterocycles. The van der Waals surface area contributed by atoms with E-state index in [1.54, 1.807) is 24.3 Å². The van der Waals surface area contributed by atoms with Gasteiger partial charge in [0.2, 0.25) is 0 Å². The molecule has 0 radical (unpaired) electrons. The molecule has 0 aliphatic rings. The number of alkyl halides is 3. The minimum absolute atomic E-state index is 0.235. The number of nitrogens with zero attached hydrogens (tertiary/aromatic N) is 1. The number of H-pyrrole nitrogens is 1. The molecule has 0 saturated carbocycles. The van der Waals surface area contributed by atoms with E-state index in [9.17, 15) is 13.2 Å². The second-order valence-electron chi connectivity index (χ2n) is 3.44. The van der Waals surface area contributed by atoms with Gasteiger partial charge in [-0.25, -0.2) is 4.98 Å². The number of para-hydroxylation sites is 2. The fourth-order valence-electron chi connectivity index (χ4n) is 1.37. The van der Waals surface area contributed by atoms with Crippen LogP contribution in [0.5, 0.6) is 0 Å². The summed E-state index contributed by atoms with van der Waals surface area (Å²) in [6.07, 6.45) is -4.32. The molecule has 2 rings (SSSR count). The Morgan fingerprint density at radius 2 is 2.06 bits per heavy atom. The van der Waals surface area contributed by atoms with Crippen molar-refractivity contribution >= 4 is 22.8 Å². The third-order valence-corrected chi connectivity index (χ3v) is 3.36. The maximum Gasteiger partial charge on any atom is 0.402 e. The third kappa shape index (κ3) is 2.73. The van der Waals surface area contributed by atoms with Crippen LogP contribution in [0, 0.1) is 0 Å². The minimum Gasteiger partial charge on any atom is -0.333 e. The van der Waals surface area contributed by atoms with Gasteiger partial charge in [0, 0.05) is 6.54 Å². The molecule has 0 aliphatic heterocycles. The molecule has 1 aromatic carbocycles. The lowest BCUT2D eigenvalue weighted by Gasteiger charge is -2.15. The van der Waals surface area contributed by atoms with Gasteiger partial charge in [-0.1, -0.05) is 23.9 Å². The van der Waals surface area contributed by atoms with E-state index in [0.29, 0.717) is 22.8 Å². The largest absolute Gasteiger partial charge is 0.402 e. The van der Waals surface area contributed by atoms with Crippen LogP contribution in [0.15, 0.2) is 29.4 Å². The molecule has 7 heteroatoms. The fraction of sp³-hybridized carbons (Fsp3) is 0.300. The molecule has 1 unspecified atom stereocenters. The minimum atomic E-state index is -4.32. The maximum absolute atomic E-state index is 12.5. The first-order valence-electron chi connectivity index (χ1n) is 4.89. The molecular weight excluding hydrogens is 251 g/mol. The molecule has 92 valence electrons. The Labute approximate surface area is 99.6 Å². The summed E-state index contributed by atoms with van der Waals surface area (Å²) in [6.45, 7) is -0.467. The number of halogens is 3. The predicted molar refractivity (Wildman–Crippen MR) is 60.8 cm³/mol. The first kappa shape index (κ1) is 12.3. The number of nitrogens with one attached hydrogen (secondary N) is 1. The normalized spacial score (nSPS) is 14.1. The summed E-state index contributed by atoms with van der Waals surface area (Å²) in [5.41, 5.74) is 6.48. The van der Waals surface area contributed by atoms with Crippen LogP contribution in [0.3, 0.4) is 0 Å². The smallest absolute Gasteiger partial charge is 0.333 e. The standard InChI is InChI=1S/C10H10F3N3S/c11-10(12,13)8(5-14)17-9-15-6-3-1-2-4-7(6)16-9/h1-4,8H,5,14H2,(H,15,16). The van der Waals surface area contributed by atoms with Gasteiger partial charge in [0.05, 0.1) is 11.0 Å².